The second kappa shape index (κ2) is 10.9. The van der Waals surface area contributed by atoms with Crippen LogP contribution in [-0.4, -0.2) is 39.8 Å². The van der Waals surface area contributed by atoms with Crippen molar-refractivity contribution in [1.82, 2.24) is 5.32 Å². The van der Waals surface area contributed by atoms with Crippen LogP contribution in [0.25, 0.3) is 0 Å². The minimum absolute atomic E-state index is 0.0612. The van der Waals surface area contributed by atoms with Crippen molar-refractivity contribution in [3.63, 3.8) is 0 Å². The fraction of sp³-hybridized carbons (Fsp3) is 0.409. The van der Waals surface area contributed by atoms with Gasteiger partial charge in [-0.25, -0.2) is 8.42 Å². The Balaban J connectivity index is 1.96. The largest absolute Gasteiger partial charge is 0.494 e. The third kappa shape index (κ3) is 7.77. The number of amides is 1. The maximum atomic E-state index is 12.5. The molecular formula is C22H30N2O4S. The van der Waals surface area contributed by atoms with Crippen LogP contribution in [0.4, 0.5) is 5.69 Å². The van der Waals surface area contributed by atoms with E-state index in [9.17, 15) is 13.2 Å². The normalized spacial score (nSPS) is 12.2. The molecule has 0 heterocycles. The lowest BCUT2D eigenvalue weighted by Gasteiger charge is -2.23. The molecule has 2 aromatic rings. The fourth-order valence-corrected chi connectivity index (χ4v) is 3.74. The highest BCUT2D eigenvalue weighted by molar-refractivity contribution is 7.92. The van der Waals surface area contributed by atoms with Crippen LogP contribution in [0, 0.1) is 0 Å². The molecule has 2 rings (SSSR count). The first-order valence-corrected chi connectivity index (χ1v) is 11.7. The SMILES string of the molecule is CCCOc1ccc(N(CC(=O)NC(C)CCc2ccccc2)S(C)(=O)=O)cc1. The molecule has 0 bridgehead atoms. The zero-order chi connectivity index (χ0) is 21.3. The molecule has 1 N–H and O–H groups in total. The smallest absolute Gasteiger partial charge is 0.240 e. The number of nitrogens with one attached hydrogen (secondary N) is 1. The van der Waals surface area contributed by atoms with E-state index in [1.54, 1.807) is 24.3 Å². The third-order valence-electron chi connectivity index (χ3n) is 4.40. The molecule has 29 heavy (non-hydrogen) atoms. The van der Waals surface area contributed by atoms with Gasteiger partial charge in [-0.1, -0.05) is 37.3 Å². The van der Waals surface area contributed by atoms with Crippen LogP contribution in [0.5, 0.6) is 5.75 Å². The van der Waals surface area contributed by atoms with Gasteiger partial charge in [0.05, 0.1) is 18.6 Å². The monoisotopic (exact) mass is 418 g/mol. The van der Waals surface area contributed by atoms with Gasteiger partial charge in [-0.2, -0.15) is 0 Å². The minimum atomic E-state index is -3.60. The van der Waals surface area contributed by atoms with Crippen molar-refractivity contribution < 1.29 is 17.9 Å². The van der Waals surface area contributed by atoms with Crippen molar-refractivity contribution in [3.05, 3.63) is 60.2 Å². The number of sulfonamides is 1. The number of hydrogen-bond acceptors (Lipinski definition) is 4. The highest BCUT2D eigenvalue weighted by atomic mass is 32.2. The Morgan fingerprint density at radius 1 is 1.10 bits per heavy atom. The molecule has 1 atom stereocenters. The summed E-state index contributed by atoms with van der Waals surface area (Å²) < 4.78 is 31.1. The summed E-state index contributed by atoms with van der Waals surface area (Å²) in [4.78, 5) is 12.5. The molecule has 0 radical (unpaired) electrons. The van der Waals surface area contributed by atoms with Gasteiger partial charge in [0.25, 0.3) is 0 Å². The Morgan fingerprint density at radius 2 is 1.76 bits per heavy atom. The second-order valence-electron chi connectivity index (χ2n) is 7.10. The molecule has 158 valence electrons. The van der Waals surface area contributed by atoms with E-state index < -0.39 is 10.0 Å². The zero-order valence-corrected chi connectivity index (χ0v) is 18.1. The molecule has 2 aromatic carbocycles. The van der Waals surface area contributed by atoms with Crippen LogP contribution in [-0.2, 0) is 21.2 Å². The number of hydrogen-bond donors (Lipinski definition) is 1. The summed E-state index contributed by atoms with van der Waals surface area (Å²) in [6.45, 7) is 4.27. The number of ether oxygens (including phenoxy) is 1. The average molecular weight is 419 g/mol. The van der Waals surface area contributed by atoms with Gasteiger partial charge in [0.1, 0.15) is 12.3 Å². The molecule has 0 aliphatic rings. The molecule has 0 saturated carbocycles. The molecule has 0 aromatic heterocycles. The zero-order valence-electron chi connectivity index (χ0n) is 17.3. The summed E-state index contributed by atoms with van der Waals surface area (Å²) in [5.74, 6) is 0.338. The van der Waals surface area contributed by atoms with E-state index in [0.717, 1.165) is 29.8 Å². The van der Waals surface area contributed by atoms with Gasteiger partial charge >= 0.3 is 0 Å². The van der Waals surface area contributed by atoms with Gasteiger partial charge in [-0.3, -0.25) is 9.10 Å². The molecule has 0 aliphatic carbocycles. The van der Waals surface area contributed by atoms with E-state index in [2.05, 4.69) is 5.32 Å². The maximum absolute atomic E-state index is 12.5. The van der Waals surface area contributed by atoms with Crippen LogP contribution in [0.2, 0.25) is 0 Å². The van der Waals surface area contributed by atoms with Crippen molar-refractivity contribution >= 4 is 21.6 Å². The summed E-state index contributed by atoms with van der Waals surface area (Å²) in [5, 5.41) is 2.89. The fourth-order valence-electron chi connectivity index (χ4n) is 2.88. The molecule has 0 saturated heterocycles. The first kappa shape index (κ1) is 22.7. The summed E-state index contributed by atoms with van der Waals surface area (Å²) in [6.07, 6.45) is 3.61. The van der Waals surface area contributed by atoms with Crippen molar-refractivity contribution in [2.75, 3.05) is 23.7 Å². The Hall–Kier alpha value is -2.54. The highest BCUT2D eigenvalue weighted by Crippen LogP contribution is 2.21. The number of anilines is 1. The van der Waals surface area contributed by atoms with Crippen LogP contribution in [0.15, 0.2) is 54.6 Å². The van der Waals surface area contributed by atoms with Gasteiger partial charge in [0, 0.05) is 6.04 Å². The lowest BCUT2D eigenvalue weighted by Crippen LogP contribution is -2.43. The minimum Gasteiger partial charge on any atom is -0.494 e. The molecule has 0 spiro atoms. The molecule has 0 aliphatic heterocycles. The first-order valence-electron chi connectivity index (χ1n) is 9.83. The molecule has 1 unspecified atom stereocenters. The van der Waals surface area contributed by atoms with E-state index in [0.29, 0.717) is 18.0 Å². The van der Waals surface area contributed by atoms with Crippen LogP contribution in [0.1, 0.15) is 32.3 Å². The number of rotatable bonds is 11. The highest BCUT2D eigenvalue weighted by Gasteiger charge is 2.21. The Bertz CT molecular complexity index is 867. The first-order chi connectivity index (χ1) is 13.8. The van der Waals surface area contributed by atoms with Crippen molar-refractivity contribution in [2.24, 2.45) is 0 Å². The number of carbonyl (C=O) groups is 1. The van der Waals surface area contributed by atoms with Gasteiger partial charge in [-0.15, -0.1) is 0 Å². The summed E-state index contributed by atoms with van der Waals surface area (Å²) in [7, 11) is -3.60. The molecule has 6 nitrogen and oxygen atoms in total. The van der Waals surface area contributed by atoms with Crippen LogP contribution in [0.3, 0.4) is 0 Å². The van der Waals surface area contributed by atoms with Gasteiger partial charge in [0.2, 0.25) is 15.9 Å². The van der Waals surface area contributed by atoms with Crippen molar-refractivity contribution in [1.29, 1.82) is 0 Å². The van der Waals surface area contributed by atoms with Gasteiger partial charge in [-0.05, 0) is 56.0 Å². The molecule has 7 heteroatoms. The number of aryl methyl sites for hydroxylation is 1. The van der Waals surface area contributed by atoms with E-state index in [1.165, 1.54) is 5.56 Å². The molecule has 0 fully saturated rings. The summed E-state index contributed by atoms with van der Waals surface area (Å²) in [5.41, 5.74) is 1.64. The third-order valence-corrected chi connectivity index (χ3v) is 5.54. The molecule has 1 amide bonds. The molecular weight excluding hydrogens is 388 g/mol. The van der Waals surface area contributed by atoms with Gasteiger partial charge < -0.3 is 10.1 Å². The van der Waals surface area contributed by atoms with E-state index >= 15 is 0 Å². The lowest BCUT2D eigenvalue weighted by molar-refractivity contribution is -0.120. The summed E-state index contributed by atoms with van der Waals surface area (Å²) in [6, 6.07) is 16.7. The van der Waals surface area contributed by atoms with E-state index in [-0.39, 0.29) is 18.5 Å². The second-order valence-corrected chi connectivity index (χ2v) is 9.01. The predicted molar refractivity (Wildman–Crippen MR) is 117 cm³/mol. The van der Waals surface area contributed by atoms with Crippen molar-refractivity contribution in [3.8, 4) is 5.75 Å². The summed E-state index contributed by atoms with van der Waals surface area (Å²) >= 11 is 0. The predicted octanol–water partition coefficient (Wildman–Crippen LogP) is 3.38. The number of carbonyl (C=O) groups excluding carboxylic acids is 1. The topological polar surface area (TPSA) is 75.7 Å². The lowest BCUT2D eigenvalue weighted by atomic mass is 10.1. The van der Waals surface area contributed by atoms with Crippen LogP contribution >= 0.6 is 0 Å². The van der Waals surface area contributed by atoms with Crippen molar-refractivity contribution in [2.45, 2.75) is 39.2 Å². The Morgan fingerprint density at radius 3 is 2.34 bits per heavy atom. The van der Waals surface area contributed by atoms with Crippen LogP contribution < -0.4 is 14.4 Å². The quantitative estimate of drug-likeness (QED) is 0.607. The standard InChI is InChI=1S/C22H30N2O4S/c1-4-16-28-21-14-12-20(13-15-21)24(29(3,26)27)17-22(25)23-18(2)10-11-19-8-6-5-7-9-19/h5-9,12-15,18H,4,10-11,16-17H2,1-3H3,(H,23,25). The maximum Gasteiger partial charge on any atom is 0.240 e. The average Bonchev–Trinajstić information content (AvgIpc) is 2.69. The van der Waals surface area contributed by atoms with Gasteiger partial charge in [0.15, 0.2) is 0 Å². The van der Waals surface area contributed by atoms with E-state index in [4.69, 9.17) is 4.74 Å². The number of benzene rings is 2. The van der Waals surface area contributed by atoms with E-state index in [1.807, 2.05) is 44.2 Å². The Kier molecular flexibility index (Phi) is 8.51. The Labute approximate surface area is 173 Å². The number of nitrogens with zero attached hydrogens (tertiary/aromatic N) is 1.